The Morgan fingerprint density at radius 3 is 2.30 bits per heavy atom. The Morgan fingerprint density at radius 1 is 1.22 bits per heavy atom. The van der Waals surface area contributed by atoms with Crippen LogP contribution in [0.25, 0.3) is 0 Å². The average Bonchev–Trinajstić information content (AvgIpc) is 2.46. The molecule has 1 atom stereocenters. The van der Waals surface area contributed by atoms with E-state index in [4.69, 9.17) is 9.84 Å². The van der Waals surface area contributed by atoms with Gasteiger partial charge < -0.3 is 9.84 Å². The highest BCUT2D eigenvalue weighted by molar-refractivity contribution is 5.86. The van der Waals surface area contributed by atoms with Gasteiger partial charge in [0.2, 0.25) is 0 Å². The lowest BCUT2D eigenvalue weighted by Gasteiger charge is -2.11. The van der Waals surface area contributed by atoms with Gasteiger partial charge in [0.05, 0.1) is 24.4 Å². The molecule has 0 saturated carbocycles. The fraction of sp³-hybridized carbons (Fsp3) is 0.400. The number of hydrogen-bond donors (Lipinski definition) is 1. The van der Waals surface area contributed by atoms with Crippen LogP contribution in [0.15, 0.2) is 24.3 Å². The molecule has 0 aliphatic rings. The Balaban J connectivity index is 2.42. The molecule has 1 aromatic rings. The topological polar surface area (TPSA) is 124 Å². The number of rotatable bonds is 9. The van der Waals surface area contributed by atoms with Gasteiger partial charge in [-0.1, -0.05) is 12.1 Å². The first-order chi connectivity index (χ1) is 10.8. The molecule has 0 aliphatic carbocycles. The number of nitrogens with zero attached hydrogens (tertiary/aromatic N) is 1. The van der Waals surface area contributed by atoms with Crippen molar-refractivity contribution in [3.05, 3.63) is 39.9 Å². The molecule has 1 rings (SSSR count). The van der Waals surface area contributed by atoms with E-state index in [2.05, 4.69) is 0 Å². The van der Waals surface area contributed by atoms with Crippen LogP contribution in [-0.2, 0) is 25.5 Å². The molecule has 1 aromatic carbocycles. The van der Waals surface area contributed by atoms with Crippen LogP contribution in [0.5, 0.6) is 0 Å². The summed E-state index contributed by atoms with van der Waals surface area (Å²) in [4.78, 5) is 43.5. The molecule has 0 fully saturated rings. The summed E-state index contributed by atoms with van der Waals surface area (Å²) in [7, 11) is 0. The van der Waals surface area contributed by atoms with Gasteiger partial charge in [-0.2, -0.15) is 0 Å². The molecule has 0 aromatic heterocycles. The summed E-state index contributed by atoms with van der Waals surface area (Å²) < 4.78 is 4.97. The standard InChI is InChI=1S/C15H17NO7/c1-10(17)12(8-14(18)19)9-15(20)23-7-6-11-2-4-13(5-3-11)16(21)22/h2-5,12H,6-9H2,1H3,(H,18,19). The third kappa shape index (κ3) is 6.68. The van der Waals surface area contributed by atoms with Gasteiger partial charge >= 0.3 is 11.9 Å². The highest BCUT2D eigenvalue weighted by Gasteiger charge is 2.22. The maximum atomic E-state index is 11.6. The summed E-state index contributed by atoms with van der Waals surface area (Å²) >= 11 is 0. The van der Waals surface area contributed by atoms with Crippen LogP contribution in [0.3, 0.4) is 0 Å². The van der Waals surface area contributed by atoms with Crippen LogP contribution in [0.1, 0.15) is 25.3 Å². The minimum atomic E-state index is -1.15. The Hall–Kier alpha value is -2.77. The molecular weight excluding hydrogens is 306 g/mol. The van der Waals surface area contributed by atoms with E-state index in [1.807, 2.05) is 0 Å². The Bertz CT molecular complexity index is 594. The average molecular weight is 323 g/mol. The number of carbonyl (C=O) groups excluding carboxylic acids is 2. The van der Waals surface area contributed by atoms with E-state index in [1.54, 1.807) is 12.1 Å². The summed E-state index contributed by atoms with van der Waals surface area (Å²) in [6.45, 7) is 1.28. The number of carbonyl (C=O) groups is 3. The second-order valence-corrected chi connectivity index (χ2v) is 5.00. The van der Waals surface area contributed by atoms with Gasteiger partial charge in [-0.3, -0.25) is 24.5 Å². The SMILES string of the molecule is CC(=O)C(CC(=O)O)CC(=O)OCCc1ccc([N+](=O)[O-])cc1. The predicted octanol–water partition coefficient (Wildman–Crippen LogP) is 1.75. The normalized spacial score (nSPS) is 11.5. The van der Waals surface area contributed by atoms with E-state index < -0.39 is 29.2 Å². The Morgan fingerprint density at radius 2 is 1.83 bits per heavy atom. The number of esters is 1. The maximum absolute atomic E-state index is 11.6. The number of nitro benzene ring substituents is 1. The van der Waals surface area contributed by atoms with Crippen molar-refractivity contribution < 1.29 is 29.2 Å². The smallest absolute Gasteiger partial charge is 0.306 e. The number of non-ortho nitro benzene ring substituents is 1. The number of carboxylic acid groups (broad SMARTS) is 1. The third-order valence-corrected chi connectivity index (χ3v) is 3.21. The Kier molecular flexibility index (Phi) is 6.85. The summed E-state index contributed by atoms with van der Waals surface area (Å²) in [6, 6.07) is 5.84. The van der Waals surface area contributed by atoms with Gasteiger partial charge in [0.1, 0.15) is 5.78 Å². The van der Waals surface area contributed by atoms with Crippen molar-refractivity contribution in [2.75, 3.05) is 6.61 Å². The molecule has 0 bridgehead atoms. The third-order valence-electron chi connectivity index (χ3n) is 3.21. The first kappa shape index (κ1) is 18.3. The van der Waals surface area contributed by atoms with Crippen molar-refractivity contribution >= 4 is 23.4 Å². The van der Waals surface area contributed by atoms with E-state index in [1.165, 1.54) is 19.1 Å². The van der Waals surface area contributed by atoms with E-state index >= 15 is 0 Å². The summed E-state index contributed by atoms with van der Waals surface area (Å²) in [5.41, 5.74) is 0.737. The number of carboxylic acids is 1. The molecule has 23 heavy (non-hydrogen) atoms. The van der Waals surface area contributed by atoms with Crippen molar-refractivity contribution in [1.82, 2.24) is 0 Å². The summed E-state index contributed by atoms with van der Waals surface area (Å²) in [5.74, 6) is -3.06. The Labute approximate surface area is 132 Å². The predicted molar refractivity (Wildman–Crippen MR) is 78.8 cm³/mol. The quantitative estimate of drug-likeness (QED) is 0.417. The number of hydrogen-bond acceptors (Lipinski definition) is 6. The van der Waals surface area contributed by atoms with E-state index in [0.717, 1.165) is 5.56 Å². The summed E-state index contributed by atoms with van der Waals surface area (Å²) in [5, 5.41) is 19.2. The molecule has 0 amide bonds. The second-order valence-electron chi connectivity index (χ2n) is 5.00. The van der Waals surface area contributed by atoms with Crippen molar-refractivity contribution in [2.45, 2.75) is 26.2 Å². The lowest BCUT2D eigenvalue weighted by atomic mass is 9.97. The van der Waals surface area contributed by atoms with E-state index in [9.17, 15) is 24.5 Å². The van der Waals surface area contributed by atoms with Crippen LogP contribution in [0.2, 0.25) is 0 Å². The largest absolute Gasteiger partial charge is 0.481 e. The molecule has 0 saturated heterocycles. The van der Waals surface area contributed by atoms with Crippen LogP contribution < -0.4 is 0 Å². The molecule has 8 nitrogen and oxygen atoms in total. The van der Waals surface area contributed by atoms with Gasteiger partial charge in [-0.25, -0.2) is 0 Å². The fourth-order valence-electron chi connectivity index (χ4n) is 1.90. The monoisotopic (exact) mass is 323 g/mol. The van der Waals surface area contributed by atoms with Crippen molar-refractivity contribution in [3.8, 4) is 0 Å². The number of ether oxygens (including phenoxy) is 1. The number of Topliss-reactive ketones (excluding diaryl/α,β-unsaturated/α-hetero) is 1. The minimum Gasteiger partial charge on any atom is -0.481 e. The molecule has 1 N–H and O–H groups in total. The molecule has 0 spiro atoms. The zero-order valence-electron chi connectivity index (χ0n) is 12.6. The molecular formula is C15H17NO7. The molecule has 0 radical (unpaired) electrons. The zero-order valence-corrected chi connectivity index (χ0v) is 12.6. The van der Waals surface area contributed by atoms with Gasteiger partial charge in [0.15, 0.2) is 0 Å². The summed E-state index contributed by atoms with van der Waals surface area (Å²) in [6.07, 6.45) is -0.317. The van der Waals surface area contributed by atoms with Gasteiger partial charge in [0.25, 0.3) is 5.69 Å². The van der Waals surface area contributed by atoms with Crippen molar-refractivity contribution in [2.24, 2.45) is 5.92 Å². The van der Waals surface area contributed by atoms with E-state index in [0.29, 0.717) is 6.42 Å². The number of benzene rings is 1. The molecule has 0 heterocycles. The zero-order chi connectivity index (χ0) is 17.4. The number of aliphatic carboxylic acids is 1. The second kappa shape index (κ2) is 8.62. The van der Waals surface area contributed by atoms with Crippen LogP contribution in [0, 0.1) is 16.0 Å². The molecule has 124 valence electrons. The van der Waals surface area contributed by atoms with Crippen LogP contribution >= 0.6 is 0 Å². The van der Waals surface area contributed by atoms with Crippen LogP contribution in [-0.4, -0.2) is 34.4 Å². The number of ketones is 1. The molecule has 0 aliphatic heterocycles. The first-order valence-corrected chi connectivity index (χ1v) is 6.90. The highest BCUT2D eigenvalue weighted by Crippen LogP contribution is 2.13. The maximum Gasteiger partial charge on any atom is 0.306 e. The van der Waals surface area contributed by atoms with Crippen molar-refractivity contribution in [1.29, 1.82) is 0 Å². The fourth-order valence-corrected chi connectivity index (χ4v) is 1.90. The lowest BCUT2D eigenvalue weighted by molar-refractivity contribution is -0.384. The first-order valence-electron chi connectivity index (χ1n) is 6.90. The van der Waals surface area contributed by atoms with Gasteiger partial charge in [-0.05, 0) is 12.5 Å². The number of nitro groups is 1. The lowest BCUT2D eigenvalue weighted by Crippen LogP contribution is -2.21. The van der Waals surface area contributed by atoms with Crippen LogP contribution in [0.4, 0.5) is 5.69 Å². The van der Waals surface area contributed by atoms with Crippen molar-refractivity contribution in [3.63, 3.8) is 0 Å². The highest BCUT2D eigenvalue weighted by atomic mass is 16.6. The molecule has 1 unspecified atom stereocenters. The minimum absolute atomic E-state index is 0.0243. The van der Waals surface area contributed by atoms with Gasteiger partial charge in [-0.15, -0.1) is 0 Å². The molecule has 8 heteroatoms. The van der Waals surface area contributed by atoms with Gasteiger partial charge in [0, 0.05) is 24.5 Å². The van der Waals surface area contributed by atoms with E-state index in [-0.39, 0.29) is 24.5 Å².